The maximum atomic E-state index is 4.27. The summed E-state index contributed by atoms with van der Waals surface area (Å²) in [5.41, 5.74) is 0. The van der Waals surface area contributed by atoms with Gasteiger partial charge in [0, 0.05) is 32.5 Å². The van der Waals surface area contributed by atoms with E-state index in [0.717, 1.165) is 18.9 Å². The molecule has 0 amide bonds. The van der Waals surface area contributed by atoms with Crippen molar-refractivity contribution in [2.24, 2.45) is 4.99 Å². The van der Waals surface area contributed by atoms with Crippen LogP contribution in [0.15, 0.2) is 17.4 Å². The third-order valence-corrected chi connectivity index (χ3v) is 2.17. The lowest BCUT2D eigenvalue weighted by Crippen LogP contribution is -2.33. The summed E-state index contributed by atoms with van der Waals surface area (Å²) in [4.78, 5) is 8.47. The Labute approximate surface area is 73.4 Å². The quantitative estimate of drug-likeness (QED) is 0.529. The SMILES string of the molecule is CN1[C]C(N2CCCC2)=NC=C1. The molecule has 2 rings (SSSR count). The van der Waals surface area contributed by atoms with Crippen molar-refractivity contribution in [1.82, 2.24) is 9.80 Å². The highest BCUT2D eigenvalue weighted by atomic mass is 15.3. The number of hydrogen-bond donors (Lipinski definition) is 0. The summed E-state index contributed by atoms with van der Waals surface area (Å²) >= 11 is 0. The van der Waals surface area contributed by atoms with Gasteiger partial charge in [0.05, 0.1) is 0 Å². The van der Waals surface area contributed by atoms with E-state index in [9.17, 15) is 0 Å². The highest BCUT2D eigenvalue weighted by Gasteiger charge is 2.18. The van der Waals surface area contributed by atoms with Crippen molar-refractivity contribution < 1.29 is 0 Å². The van der Waals surface area contributed by atoms with Crippen molar-refractivity contribution in [3.8, 4) is 0 Å². The molecule has 0 spiro atoms. The van der Waals surface area contributed by atoms with Gasteiger partial charge in [-0.2, -0.15) is 0 Å². The van der Waals surface area contributed by atoms with Gasteiger partial charge in [-0.1, -0.05) is 0 Å². The predicted molar refractivity (Wildman–Crippen MR) is 48.4 cm³/mol. The van der Waals surface area contributed by atoms with Crippen LogP contribution in [0.5, 0.6) is 0 Å². The average molecular weight is 163 g/mol. The molecule has 1 fully saturated rings. The van der Waals surface area contributed by atoms with E-state index in [0.29, 0.717) is 0 Å². The van der Waals surface area contributed by atoms with Crippen LogP contribution in [-0.2, 0) is 0 Å². The number of nitrogens with zero attached hydrogens (tertiary/aromatic N) is 3. The minimum atomic E-state index is 0.984. The van der Waals surface area contributed by atoms with Gasteiger partial charge in [0.1, 0.15) is 5.84 Å². The lowest BCUT2D eigenvalue weighted by molar-refractivity contribution is 0.483. The van der Waals surface area contributed by atoms with Crippen molar-refractivity contribution in [3.05, 3.63) is 18.9 Å². The molecule has 0 bridgehead atoms. The molecule has 1 saturated heterocycles. The molecule has 0 unspecified atom stereocenters. The van der Waals surface area contributed by atoms with E-state index in [4.69, 9.17) is 0 Å². The fourth-order valence-corrected chi connectivity index (χ4v) is 1.51. The first-order valence-electron chi connectivity index (χ1n) is 4.35. The largest absolute Gasteiger partial charge is 0.362 e. The number of likely N-dealkylation sites (N-methyl/N-ethyl adjacent to an activating group) is 1. The van der Waals surface area contributed by atoms with Crippen molar-refractivity contribution in [3.63, 3.8) is 0 Å². The molecule has 0 aromatic rings. The summed E-state index contributed by atoms with van der Waals surface area (Å²) in [7, 11) is 1.97. The number of amidine groups is 1. The molecular weight excluding hydrogens is 150 g/mol. The molecule has 2 radical (unpaired) electrons. The zero-order valence-corrected chi connectivity index (χ0v) is 7.32. The van der Waals surface area contributed by atoms with Crippen molar-refractivity contribution in [2.75, 3.05) is 20.1 Å². The van der Waals surface area contributed by atoms with Crippen LogP contribution in [0.4, 0.5) is 0 Å². The second-order valence-electron chi connectivity index (χ2n) is 3.17. The Bertz CT molecular complexity index is 214. The van der Waals surface area contributed by atoms with Crippen molar-refractivity contribution >= 4 is 5.84 Å². The van der Waals surface area contributed by atoms with Gasteiger partial charge in [-0.05, 0) is 12.8 Å². The molecule has 3 nitrogen and oxygen atoms in total. The molecule has 0 saturated carbocycles. The number of aliphatic imine (C=N–C) groups is 1. The second kappa shape index (κ2) is 3.17. The fourth-order valence-electron chi connectivity index (χ4n) is 1.51. The van der Waals surface area contributed by atoms with Crippen LogP contribution in [0, 0.1) is 6.54 Å². The van der Waals surface area contributed by atoms with E-state index < -0.39 is 0 Å². The molecule has 12 heavy (non-hydrogen) atoms. The Morgan fingerprint density at radius 1 is 1.42 bits per heavy atom. The zero-order valence-electron chi connectivity index (χ0n) is 7.32. The van der Waals surface area contributed by atoms with Gasteiger partial charge < -0.3 is 9.80 Å². The third-order valence-electron chi connectivity index (χ3n) is 2.17. The van der Waals surface area contributed by atoms with Gasteiger partial charge in [-0.15, -0.1) is 0 Å². The first-order chi connectivity index (χ1) is 5.86. The lowest BCUT2D eigenvalue weighted by atomic mass is 10.4. The van der Waals surface area contributed by atoms with E-state index in [1.54, 1.807) is 0 Å². The lowest BCUT2D eigenvalue weighted by Gasteiger charge is -2.24. The Hall–Kier alpha value is -0.990. The highest BCUT2D eigenvalue weighted by Crippen LogP contribution is 2.12. The van der Waals surface area contributed by atoms with Gasteiger partial charge >= 0.3 is 0 Å². The predicted octanol–water partition coefficient (Wildman–Crippen LogP) is 0.936. The highest BCUT2D eigenvalue weighted by molar-refractivity contribution is 5.91. The average Bonchev–Trinajstić information content (AvgIpc) is 2.56. The molecule has 2 heterocycles. The Morgan fingerprint density at radius 3 is 2.83 bits per heavy atom. The molecular formula is C9H13N3. The summed E-state index contributed by atoms with van der Waals surface area (Å²) in [6.07, 6.45) is 6.30. The first-order valence-corrected chi connectivity index (χ1v) is 4.35. The zero-order chi connectivity index (χ0) is 8.39. The molecule has 2 aliphatic heterocycles. The molecule has 2 aliphatic rings. The molecule has 0 aromatic carbocycles. The summed E-state index contributed by atoms with van der Waals surface area (Å²) in [6, 6.07) is 0. The van der Waals surface area contributed by atoms with Crippen LogP contribution in [0.3, 0.4) is 0 Å². The van der Waals surface area contributed by atoms with E-state index in [1.807, 2.05) is 24.3 Å². The summed E-state index contributed by atoms with van der Waals surface area (Å²) < 4.78 is 0. The van der Waals surface area contributed by atoms with Gasteiger partial charge in [-0.25, -0.2) is 4.99 Å². The first kappa shape index (κ1) is 7.65. The number of likely N-dealkylation sites (tertiary alicyclic amines) is 1. The van der Waals surface area contributed by atoms with E-state index in [1.165, 1.54) is 12.8 Å². The smallest absolute Gasteiger partial charge is 0.164 e. The van der Waals surface area contributed by atoms with Gasteiger partial charge in [-0.3, -0.25) is 0 Å². The molecule has 0 aliphatic carbocycles. The van der Waals surface area contributed by atoms with Crippen molar-refractivity contribution in [2.45, 2.75) is 12.8 Å². The topological polar surface area (TPSA) is 18.8 Å². The minimum Gasteiger partial charge on any atom is -0.362 e. The third kappa shape index (κ3) is 1.44. The second-order valence-corrected chi connectivity index (χ2v) is 3.17. The summed E-state index contributed by atoms with van der Waals surface area (Å²) in [6.45, 7) is 5.45. The monoisotopic (exact) mass is 163 g/mol. The van der Waals surface area contributed by atoms with Crippen LogP contribution in [0.1, 0.15) is 12.8 Å². The molecule has 0 N–H and O–H groups in total. The maximum Gasteiger partial charge on any atom is 0.164 e. The summed E-state index contributed by atoms with van der Waals surface area (Å²) in [5, 5.41) is 0. The molecule has 0 atom stereocenters. The number of hydrogen-bond acceptors (Lipinski definition) is 3. The van der Waals surface area contributed by atoms with Crippen molar-refractivity contribution in [1.29, 1.82) is 0 Å². The van der Waals surface area contributed by atoms with Crippen LogP contribution in [0.2, 0.25) is 0 Å². The van der Waals surface area contributed by atoms with Gasteiger partial charge in [0.2, 0.25) is 0 Å². The van der Waals surface area contributed by atoms with Gasteiger partial charge in [0.15, 0.2) is 6.54 Å². The van der Waals surface area contributed by atoms with Crippen LogP contribution >= 0.6 is 0 Å². The van der Waals surface area contributed by atoms with Crippen LogP contribution in [-0.4, -0.2) is 35.8 Å². The van der Waals surface area contributed by atoms with Crippen LogP contribution in [0.25, 0.3) is 0 Å². The fraction of sp³-hybridized carbons (Fsp3) is 0.556. The molecule has 3 heteroatoms. The number of rotatable bonds is 0. The molecule has 0 aromatic heterocycles. The van der Waals surface area contributed by atoms with E-state index in [2.05, 4.69) is 16.4 Å². The Balaban J connectivity index is 2.02. The van der Waals surface area contributed by atoms with E-state index in [-0.39, 0.29) is 0 Å². The van der Waals surface area contributed by atoms with Gasteiger partial charge in [0.25, 0.3) is 0 Å². The maximum absolute atomic E-state index is 4.27. The van der Waals surface area contributed by atoms with Crippen LogP contribution < -0.4 is 0 Å². The minimum absolute atomic E-state index is 0.984. The summed E-state index contributed by atoms with van der Waals surface area (Å²) in [5.74, 6) is 0.984. The Morgan fingerprint density at radius 2 is 2.17 bits per heavy atom. The normalized spacial score (nSPS) is 23.2. The standard InChI is InChI=1S/C9H13N3/c1-11-7-4-10-9(8-11)12-5-2-3-6-12/h4,7H,2-3,5-6H2,1H3. The Kier molecular flexibility index (Phi) is 2.02. The molecule has 64 valence electrons. The van der Waals surface area contributed by atoms with E-state index >= 15 is 0 Å².